The molecule has 0 rings (SSSR count). The van der Waals surface area contributed by atoms with Crippen LogP contribution in [0, 0.1) is 16.7 Å². The molecule has 0 N–H and O–H groups in total. The van der Waals surface area contributed by atoms with Gasteiger partial charge in [-0.1, -0.05) is 41.5 Å². The van der Waals surface area contributed by atoms with Crippen LogP contribution in [0.4, 0.5) is 0 Å². The standard InChI is InChI=1S/C16H38OSi2/c1-15(2,3)12-14(16(4,5)6)13-19(10,11)17-18(7,8)9/h14H,12-13H2,1-11H3. The Kier molecular flexibility index (Phi) is 6.15. The highest BCUT2D eigenvalue weighted by Gasteiger charge is 2.37. The third-order valence-electron chi connectivity index (χ3n) is 3.40. The topological polar surface area (TPSA) is 9.23 Å². The van der Waals surface area contributed by atoms with Crippen LogP contribution in [-0.2, 0) is 4.12 Å². The molecule has 1 atom stereocenters. The van der Waals surface area contributed by atoms with Gasteiger partial charge in [0, 0.05) is 0 Å². The van der Waals surface area contributed by atoms with E-state index in [1.807, 2.05) is 0 Å². The van der Waals surface area contributed by atoms with Crippen molar-refractivity contribution in [3.63, 3.8) is 0 Å². The summed E-state index contributed by atoms with van der Waals surface area (Å²) >= 11 is 0. The average molecular weight is 303 g/mol. The summed E-state index contributed by atoms with van der Waals surface area (Å²) in [4.78, 5) is 0. The summed E-state index contributed by atoms with van der Waals surface area (Å²) in [5, 5.41) is 0. The van der Waals surface area contributed by atoms with Crippen LogP contribution < -0.4 is 0 Å². The van der Waals surface area contributed by atoms with Crippen LogP contribution in [0.25, 0.3) is 0 Å². The first-order chi connectivity index (χ1) is 8.02. The molecule has 0 aromatic heterocycles. The zero-order chi connectivity index (χ0) is 15.7. The summed E-state index contributed by atoms with van der Waals surface area (Å²) < 4.78 is 6.54. The minimum atomic E-state index is -1.55. The first-order valence-corrected chi connectivity index (χ1v) is 14.2. The summed E-state index contributed by atoms with van der Waals surface area (Å²) in [7, 11) is -2.97. The average Bonchev–Trinajstić information content (AvgIpc) is 1.91. The van der Waals surface area contributed by atoms with E-state index in [1.54, 1.807) is 0 Å². The van der Waals surface area contributed by atoms with Crippen LogP contribution in [-0.4, -0.2) is 16.6 Å². The van der Waals surface area contributed by atoms with E-state index in [1.165, 1.54) is 12.5 Å². The molecule has 0 aromatic rings. The van der Waals surface area contributed by atoms with Gasteiger partial charge in [0.2, 0.25) is 0 Å². The third kappa shape index (κ3) is 9.86. The second kappa shape index (κ2) is 6.02. The van der Waals surface area contributed by atoms with Gasteiger partial charge in [-0.2, -0.15) is 0 Å². The maximum atomic E-state index is 6.54. The van der Waals surface area contributed by atoms with Gasteiger partial charge >= 0.3 is 0 Å². The van der Waals surface area contributed by atoms with E-state index in [-0.39, 0.29) is 0 Å². The van der Waals surface area contributed by atoms with E-state index >= 15 is 0 Å². The first kappa shape index (κ1) is 19.4. The van der Waals surface area contributed by atoms with Crippen molar-refractivity contribution in [2.45, 2.75) is 86.7 Å². The van der Waals surface area contributed by atoms with Gasteiger partial charge in [-0.15, -0.1) is 0 Å². The Morgan fingerprint density at radius 2 is 1.26 bits per heavy atom. The fourth-order valence-electron chi connectivity index (χ4n) is 2.89. The lowest BCUT2D eigenvalue weighted by atomic mass is 9.73. The fraction of sp³-hybridized carbons (Fsp3) is 1.00. The third-order valence-corrected chi connectivity index (χ3v) is 9.54. The normalized spacial score (nSPS) is 16.6. The Balaban J connectivity index is 4.92. The summed E-state index contributed by atoms with van der Waals surface area (Å²) in [5.74, 6) is 0.755. The van der Waals surface area contributed by atoms with E-state index in [9.17, 15) is 0 Å². The monoisotopic (exact) mass is 302 g/mol. The zero-order valence-electron chi connectivity index (χ0n) is 15.4. The van der Waals surface area contributed by atoms with Crippen molar-refractivity contribution >= 4 is 16.6 Å². The van der Waals surface area contributed by atoms with Crippen molar-refractivity contribution in [3.05, 3.63) is 0 Å². The largest absolute Gasteiger partial charge is 0.456 e. The van der Waals surface area contributed by atoms with Crippen molar-refractivity contribution < 1.29 is 4.12 Å². The molecule has 3 heteroatoms. The molecular weight excluding hydrogens is 264 g/mol. The molecule has 0 spiro atoms. The summed E-state index contributed by atoms with van der Waals surface area (Å²) in [5.41, 5.74) is 0.780. The molecule has 0 heterocycles. The van der Waals surface area contributed by atoms with Crippen molar-refractivity contribution in [2.75, 3.05) is 0 Å². The minimum Gasteiger partial charge on any atom is -0.456 e. The predicted molar refractivity (Wildman–Crippen MR) is 93.7 cm³/mol. The van der Waals surface area contributed by atoms with Crippen LogP contribution in [0.5, 0.6) is 0 Å². The smallest absolute Gasteiger partial charge is 0.173 e. The Hall–Kier alpha value is 0.394. The molecule has 1 unspecified atom stereocenters. The van der Waals surface area contributed by atoms with Gasteiger partial charge in [-0.25, -0.2) is 0 Å². The van der Waals surface area contributed by atoms with Crippen molar-refractivity contribution in [1.82, 2.24) is 0 Å². The summed E-state index contributed by atoms with van der Waals surface area (Å²) in [6, 6.07) is 1.29. The van der Waals surface area contributed by atoms with Crippen LogP contribution in [0.15, 0.2) is 0 Å². The van der Waals surface area contributed by atoms with Gasteiger partial charge < -0.3 is 4.12 Å². The lowest BCUT2D eigenvalue weighted by Gasteiger charge is -2.41. The Morgan fingerprint density at radius 3 is 1.53 bits per heavy atom. The Morgan fingerprint density at radius 1 is 0.842 bits per heavy atom. The van der Waals surface area contributed by atoms with E-state index in [0.717, 1.165) is 5.92 Å². The van der Waals surface area contributed by atoms with Crippen LogP contribution in [0.2, 0.25) is 38.8 Å². The van der Waals surface area contributed by atoms with Gasteiger partial charge in [0.05, 0.1) is 0 Å². The molecule has 0 saturated heterocycles. The maximum Gasteiger partial charge on any atom is 0.173 e. The van der Waals surface area contributed by atoms with E-state index in [4.69, 9.17) is 4.12 Å². The predicted octanol–water partition coefficient (Wildman–Crippen LogP) is 6.14. The molecule has 0 fully saturated rings. The Bertz CT molecular complexity index is 277. The van der Waals surface area contributed by atoms with E-state index in [0.29, 0.717) is 10.8 Å². The molecule has 0 aliphatic carbocycles. The van der Waals surface area contributed by atoms with Gasteiger partial charge in [0.1, 0.15) is 0 Å². The molecule has 0 bridgehead atoms. The number of hydrogen-bond acceptors (Lipinski definition) is 1. The molecule has 0 saturated carbocycles. The molecule has 19 heavy (non-hydrogen) atoms. The van der Waals surface area contributed by atoms with Gasteiger partial charge in [-0.05, 0) is 61.9 Å². The van der Waals surface area contributed by atoms with Crippen molar-refractivity contribution in [1.29, 1.82) is 0 Å². The molecule has 0 radical (unpaired) electrons. The first-order valence-electron chi connectivity index (χ1n) is 7.72. The molecule has 1 nitrogen and oxygen atoms in total. The lowest BCUT2D eigenvalue weighted by molar-refractivity contribution is 0.177. The van der Waals surface area contributed by atoms with Gasteiger partial charge in [0.15, 0.2) is 16.6 Å². The van der Waals surface area contributed by atoms with Crippen molar-refractivity contribution in [3.8, 4) is 0 Å². The highest BCUT2D eigenvalue weighted by Crippen LogP contribution is 2.41. The Labute approximate surface area is 124 Å². The second-order valence-corrected chi connectivity index (χ2v) is 19.0. The lowest BCUT2D eigenvalue weighted by Crippen LogP contribution is -2.45. The van der Waals surface area contributed by atoms with Crippen LogP contribution in [0.1, 0.15) is 48.0 Å². The maximum absolute atomic E-state index is 6.54. The highest BCUT2D eigenvalue weighted by atomic mass is 28.4. The summed E-state index contributed by atoms with van der Waals surface area (Å²) in [6.45, 7) is 26.0. The molecule has 116 valence electrons. The van der Waals surface area contributed by atoms with Gasteiger partial charge in [-0.3, -0.25) is 0 Å². The molecule has 0 amide bonds. The molecule has 0 aliphatic heterocycles. The quantitative estimate of drug-likeness (QED) is 0.554. The van der Waals surface area contributed by atoms with Crippen molar-refractivity contribution in [2.24, 2.45) is 16.7 Å². The SMILES string of the molecule is CC(C)(C)CC(C[Si](C)(C)O[Si](C)(C)C)C(C)(C)C. The minimum absolute atomic E-state index is 0.375. The van der Waals surface area contributed by atoms with Crippen LogP contribution >= 0.6 is 0 Å². The second-order valence-electron chi connectivity index (χ2n) is 10.0. The molecule has 0 aliphatic rings. The zero-order valence-corrected chi connectivity index (χ0v) is 17.4. The van der Waals surface area contributed by atoms with E-state index < -0.39 is 16.6 Å². The fourth-order valence-corrected chi connectivity index (χ4v) is 11.8. The van der Waals surface area contributed by atoms with Crippen LogP contribution in [0.3, 0.4) is 0 Å². The number of hydrogen-bond donors (Lipinski definition) is 0. The number of rotatable bonds is 5. The van der Waals surface area contributed by atoms with Gasteiger partial charge in [0.25, 0.3) is 0 Å². The molecular formula is C16H38OSi2. The highest BCUT2D eigenvalue weighted by molar-refractivity contribution is 6.84. The van der Waals surface area contributed by atoms with E-state index in [2.05, 4.69) is 74.3 Å². The summed E-state index contributed by atoms with van der Waals surface area (Å²) in [6.07, 6.45) is 1.29. The molecule has 0 aromatic carbocycles.